The Morgan fingerprint density at radius 2 is 1.70 bits per heavy atom. The summed E-state index contributed by atoms with van der Waals surface area (Å²) < 4.78 is 29.9. The van der Waals surface area contributed by atoms with E-state index in [0.717, 1.165) is 4.47 Å². The SMILES string of the molecule is CC(C)(C(=O)Nc1ccc2oc(=O)ccc2c1)S(=O)(=O)c1ccc(Br)cc1. The monoisotopic (exact) mass is 449 g/mol. The van der Waals surface area contributed by atoms with E-state index in [9.17, 15) is 18.0 Å². The van der Waals surface area contributed by atoms with Crippen molar-refractivity contribution in [3.8, 4) is 0 Å². The highest BCUT2D eigenvalue weighted by Gasteiger charge is 2.42. The normalized spacial score (nSPS) is 12.1. The van der Waals surface area contributed by atoms with Gasteiger partial charge in [0.1, 0.15) is 10.3 Å². The van der Waals surface area contributed by atoms with Gasteiger partial charge in [-0.1, -0.05) is 15.9 Å². The van der Waals surface area contributed by atoms with Gasteiger partial charge in [0.05, 0.1) is 4.90 Å². The largest absolute Gasteiger partial charge is 0.423 e. The zero-order chi connectivity index (χ0) is 19.8. The molecule has 140 valence electrons. The predicted molar refractivity (Wildman–Crippen MR) is 107 cm³/mol. The molecule has 0 aliphatic carbocycles. The lowest BCUT2D eigenvalue weighted by Crippen LogP contribution is -2.44. The van der Waals surface area contributed by atoms with E-state index in [0.29, 0.717) is 16.7 Å². The van der Waals surface area contributed by atoms with Crippen molar-refractivity contribution in [2.24, 2.45) is 0 Å². The summed E-state index contributed by atoms with van der Waals surface area (Å²) in [5.41, 5.74) is 0.309. The van der Waals surface area contributed by atoms with Crippen molar-refractivity contribution < 1.29 is 17.6 Å². The van der Waals surface area contributed by atoms with Gasteiger partial charge in [0.15, 0.2) is 9.84 Å². The summed E-state index contributed by atoms with van der Waals surface area (Å²) in [6.45, 7) is 2.72. The molecule has 1 aromatic heterocycles. The molecular weight excluding hydrogens is 434 g/mol. The molecule has 8 heteroatoms. The van der Waals surface area contributed by atoms with Crippen LogP contribution in [0.3, 0.4) is 0 Å². The molecule has 0 atom stereocenters. The van der Waals surface area contributed by atoms with Crippen molar-refractivity contribution in [1.82, 2.24) is 0 Å². The molecule has 0 bridgehead atoms. The number of sulfone groups is 1. The third-order valence-corrected chi connectivity index (χ3v) is 7.17. The first-order chi connectivity index (χ1) is 12.6. The fraction of sp³-hybridized carbons (Fsp3) is 0.158. The number of hydrogen-bond donors (Lipinski definition) is 1. The van der Waals surface area contributed by atoms with E-state index >= 15 is 0 Å². The number of hydrogen-bond acceptors (Lipinski definition) is 5. The smallest absolute Gasteiger partial charge is 0.336 e. The molecule has 0 radical (unpaired) electrons. The Kier molecular flexibility index (Phi) is 4.96. The number of rotatable bonds is 4. The van der Waals surface area contributed by atoms with Crippen LogP contribution in [0.5, 0.6) is 0 Å². The fourth-order valence-corrected chi connectivity index (χ4v) is 4.10. The molecule has 2 aromatic carbocycles. The molecule has 1 heterocycles. The Bertz CT molecular complexity index is 1180. The Balaban J connectivity index is 1.91. The summed E-state index contributed by atoms with van der Waals surface area (Å²) in [5, 5.41) is 3.24. The molecule has 1 N–H and O–H groups in total. The van der Waals surface area contributed by atoms with Crippen LogP contribution in [0.1, 0.15) is 13.8 Å². The summed E-state index contributed by atoms with van der Waals surface area (Å²) in [7, 11) is -3.92. The van der Waals surface area contributed by atoms with Gasteiger partial charge in [-0.15, -0.1) is 0 Å². The van der Waals surface area contributed by atoms with Gasteiger partial charge in [0.2, 0.25) is 5.91 Å². The second-order valence-electron chi connectivity index (χ2n) is 6.43. The summed E-state index contributed by atoms with van der Waals surface area (Å²) in [6.07, 6.45) is 0. The van der Waals surface area contributed by atoms with Gasteiger partial charge < -0.3 is 9.73 Å². The molecule has 3 aromatic rings. The molecular formula is C19H16BrNO5S. The van der Waals surface area contributed by atoms with Crippen LogP contribution >= 0.6 is 15.9 Å². The van der Waals surface area contributed by atoms with Crippen molar-refractivity contribution in [3.05, 3.63) is 69.5 Å². The Labute approximate surface area is 164 Å². The third-order valence-electron chi connectivity index (χ3n) is 4.22. The third kappa shape index (κ3) is 3.68. The van der Waals surface area contributed by atoms with Crippen LogP contribution in [-0.4, -0.2) is 19.1 Å². The molecule has 1 amide bonds. The first kappa shape index (κ1) is 19.3. The highest BCUT2D eigenvalue weighted by Crippen LogP contribution is 2.28. The van der Waals surface area contributed by atoms with Crippen LogP contribution in [0.25, 0.3) is 11.0 Å². The molecule has 3 rings (SSSR count). The van der Waals surface area contributed by atoms with Gasteiger partial charge in [0, 0.05) is 21.6 Å². The molecule has 0 spiro atoms. The predicted octanol–water partition coefficient (Wildman–Crippen LogP) is 3.75. The van der Waals surface area contributed by atoms with Gasteiger partial charge in [0.25, 0.3) is 0 Å². The molecule has 0 unspecified atom stereocenters. The molecule has 0 aliphatic rings. The standard InChI is InChI=1S/C19H16BrNO5S/c1-19(2,27(24,25)15-7-4-13(20)5-8-15)18(23)21-14-6-9-16-12(11-14)3-10-17(22)26-16/h3-11H,1-2H3,(H,21,23). The lowest BCUT2D eigenvalue weighted by Gasteiger charge is -2.24. The quantitative estimate of drug-likeness (QED) is 0.612. The number of amides is 1. The minimum atomic E-state index is -3.92. The molecule has 0 saturated heterocycles. The molecule has 0 aliphatic heterocycles. The van der Waals surface area contributed by atoms with E-state index in [-0.39, 0.29) is 4.90 Å². The number of nitrogens with one attached hydrogen (secondary N) is 1. The fourth-order valence-electron chi connectivity index (χ4n) is 2.46. The molecule has 6 nitrogen and oxygen atoms in total. The maximum atomic E-state index is 12.9. The minimum absolute atomic E-state index is 0.0612. The first-order valence-electron chi connectivity index (χ1n) is 7.97. The summed E-state index contributed by atoms with van der Waals surface area (Å²) in [4.78, 5) is 24.0. The first-order valence-corrected chi connectivity index (χ1v) is 10.2. The van der Waals surface area contributed by atoms with E-state index in [4.69, 9.17) is 4.42 Å². The van der Waals surface area contributed by atoms with Crippen molar-refractivity contribution in [2.45, 2.75) is 23.5 Å². The number of benzene rings is 2. The van der Waals surface area contributed by atoms with Crippen LogP contribution in [0.2, 0.25) is 0 Å². The summed E-state index contributed by atoms with van der Waals surface area (Å²) in [6, 6.07) is 13.7. The van der Waals surface area contributed by atoms with Gasteiger partial charge in [-0.05, 0) is 62.4 Å². The van der Waals surface area contributed by atoms with Gasteiger partial charge >= 0.3 is 5.63 Å². The second kappa shape index (κ2) is 6.94. The highest BCUT2D eigenvalue weighted by molar-refractivity contribution is 9.10. The molecule has 0 saturated carbocycles. The average Bonchev–Trinajstić information content (AvgIpc) is 2.62. The van der Waals surface area contributed by atoms with Crippen LogP contribution in [0, 0.1) is 0 Å². The van der Waals surface area contributed by atoms with E-state index in [2.05, 4.69) is 21.2 Å². The lowest BCUT2D eigenvalue weighted by molar-refractivity contribution is -0.117. The van der Waals surface area contributed by atoms with E-state index in [1.807, 2.05) is 0 Å². The maximum Gasteiger partial charge on any atom is 0.336 e. The minimum Gasteiger partial charge on any atom is -0.423 e. The summed E-state index contributed by atoms with van der Waals surface area (Å²) in [5.74, 6) is -0.665. The highest BCUT2D eigenvalue weighted by atomic mass is 79.9. The maximum absolute atomic E-state index is 12.9. The van der Waals surface area contributed by atoms with Crippen molar-refractivity contribution in [2.75, 3.05) is 5.32 Å². The second-order valence-corrected chi connectivity index (χ2v) is 9.84. The zero-order valence-corrected chi connectivity index (χ0v) is 16.9. The molecule has 0 fully saturated rings. The topological polar surface area (TPSA) is 93.4 Å². The van der Waals surface area contributed by atoms with E-state index in [1.165, 1.54) is 32.0 Å². The average molecular weight is 450 g/mol. The molecule has 27 heavy (non-hydrogen) atoms. The van der Waals surface area contributed by atoms with Gasteiger partial charge in [-0.2, -0.15) is 0 Å². The lowest BCUT2D eigenvalue weighted by atomic mass is 10.1. The Morgan fingerprint density at radius 3 is 2.37 bits per heavy atom. The van der Waals surface area contributed by atoms with Crippen molar-refractivity contribution in [1.29, 1.82) is 0 Å². The number of halogens is 1. The van der Waals surface area contributed by atoms with Crippen molar-refractivity contribution in [3.63, 3.8) is 0 Å². The van der Waals surface area contributed by atoms with Crippen LogP contribution in [0.4, 0.5) is 5.69 Å². The van der Waals surface area contributed by atoms with Crippen LogP contribution in [-0.2, 0) is 14.6 Å². The van der Waals surface area contributed by atoms with Crippen molar-refractivity contribution >= 4 is 48.3 Å². The number of carbonyl (C=O) groups is 1. The Morgan fingerprint density at radius 1 is 1.04 bits per heavy atom. The zero-order valence-electron chi connectivity index (χ0n) is 14.5. The van der Waals surface area contributed by atoms with Crippen LogP contribution < -0.4 is 10.9 Å². The van der Waals surface area contributed by atoms with Crippen LogP contribution in [0.15, 0.2) is 73.2 Å². The number of anilines is 1. The number of fused-ring (bicyclic) bond motifs is 1. The van der Waals surface area contributed by atoms with Gasteiger partial charge in [-0.25, -0.2) is 13.2 Å². The number of carbonyl (C=O) groups excluding carboxylic acids is 1. The van der Waals surface area contributed by atoms with E-state index in [1.54, 1.807) is 36.4 Å². The summed E-state index contributed by atoms with van der Waals surface area (Å²) >= 11 is 3.26. The van der Waals surface area contributed by atoms with Gasteiger partial charge in [-0.3, -0.25) is 4.79 Å². The Hall–Kier alpha value is -2.45. The van der Waals surface area contributed by atoms with E-state index < -0.39 is 26.1 Å².